The molecule has 4 rings (SSSR count). The van der Waals surface area contributed by atoms with Crippen LogP contribution in [0.5, 0.6) is 5.75 Å². The van der Waals surface area contributed by atoms with Gasteiger partial charge in [-0.1, -0.05) is 6.07 Å². The van der Waals surface area contributed by atoms with Crippen LogP contribution in [0.4, 0.5) is 4.39 Å². The molecule has 1 saturated carbocycles. The molecule has 1 aromatic rings. The van der Waals surface area contributed by atoms with E-state index in [0.717, 1.165) is 31.2 Å². The largest absolute Gasteiger partial charge is 0.490 e. The lowest BCUT2D eigenvalue weighted by Gasteiger charge is -2.34. The van der Waals surface area contributed by atoms with Gasteiger partial charge in [-0.15, -0.1) is 24.0 Å². The second kappa shape index (κ2) is 11.7. The number of hydrogen-bond donors (Lipinski definition) is 2. The predicted molar refractivity (Wildman–Crippen MR) is 132 cm³/mol. The van der Waals surface area contributed by atoms with Gasteiger partial charge in [-0.25, -0.2) is 4.39 Å². The van der Waals surface area contributed by atoms with Gasteiger partial charge in [-0.2, -0.15) is 0 Å². The molecule has 174 valence electrons. The van der Waals surface area contributed by atoms with Crippen molar-refractivity contribution in [2.24, 2.45) is 10.9 Å². The van der Waals surface area contributed by atoms with Crippen LogP contribution in [0, 0.1) is 11.7 Å². The molecule has 3 fully saturated rings. The van der Waals surface area contributed by atoms with Crippen LogP contribution in [-0.4, -0.2) is 62.4 Å². The lowest BCUT2D eigenvalue weighted by Crippen LogP contribution is -2.47. The van der Waals surface area contributed by atoms with Crippen molar-refractivity contribution in [2.75, 3.05) is 39.4 Å². The molecule has 31 heavy (non-hydrogen) atoms. The van der Waals surface area contributed by atoms with Crippen molar-refractivity contribution in [3.63, 3.8) is 0 Å². The number of hydrogen-bond acceptors (Lipinski definition) is 4. The molecule has 2 aliphatic heterocycles. The number of guanidine groups is 1. The van der Waals surface area contributed by atoms with Crippen LogP contribution in [0.15, 0.2) is 23.2 Å². The summed E-state index contributed by atoms with van der Waals surface area (Å²) in [5.41, 5.74) is 0.866. The summed E-state index contributed by atoms with van der Waals surface area (Å²) in [6.45, 7) is 9.00. The summed E-state index contributed by atoms with van der Waals surface area (Å²) >= 11 is 0. The number of benzene rings is 1. The zero-order chi connectivity index (χ0) is 20.9. The highest BCUT2D eigenvalue weighted by Crippen LogP contribution is 2.30. The van der Waals surface area contributed by atoms with Crippen LogP contribution in [0.3, 0.4) is 0 Å². The summed E-state index contributed by atoms with van der Waals surface area (Å²) in [5, 5.41) is 6.68. The van der Waals surface area contributed by atoms with Crippen molar-refractivity contribution in [2.45, 2.75) is 57.7 Å². The zero-order valence-electron chi connectivity index (χ0n) is 18.6. The summed E-state index contributed by atoms with van der Waals surface area (Å²) in [6.07, 6.45) is 5.03. The third-order valence-corrected chi connectivity index (χ3v) is 6.24. The molecular formula is C23H36FIN4O2. The van der Waals surface area contributed by atoms with Gasteiger partial charge >= 0.3 is 0 Å². The van der Waals surface area contributed by atoms with Crippen LogP contribution in [-0.2, 0) is 4.74 Å². The first-order valence-electron chi connectivity index (χ1n) is 11.4. The zero-order valence-corrected chi connectivity index (χ0v) is 20.9. The maximum Gasteiger partial charge on any atom is 0.191 e. The topological polar surface area (TPSA) is 58.1 Å². The molecule has 3 aliphatic rings. The molecular weight excluding hydrogens is 510 g/mol. The van der Waals surface area contributed by atoms with Crippen molar-refractivity contribution in [3.05, 3.63) is 29.6 Å². The van der Waals surface area contributed by atoms with E-state index in [4.69, 9.17) is 14.5 Å². The molecule has 0 amide bonds. The Labute approximate surface area is 202 Å². The Kier molecular flexibility index (Phi) is 9.21. The monoisotopic (exact) mass is 546 g/mol. The number of nitrogens with zero attached hydrogens (tertiary/aromatic N) is 2. The van der Waals surface area contributed by atoms with Crippen LogP contribution < -0.4 is 15.4 Å². The maximum atomic E-state index is 14.4. The number of morpholine rings is 1. The quantitative estimate of drug-likeness (QED) is 0.296. The number of fused-ring (bicyclic) bond motifs is 1. The first kappa shape index (κ1) is 24.5. The van der Waals surface area contributed by atoms with Gasteiger partial charge in [0.2, 0.25) is 0 Å². The van der Waals surface area contributed by atoms with E-state index in [1.807, 2.05) is 19.9 Å². The Balaban J connectivity index is 0.00000272. The van der Waals surface area contributed by atoms with Gasteiger partial charge in [-0.05, 0) is 69.7 Å². The summed E-state index contributed by atoms with van der Waals surface area (Å²) in [6, 6.07) is 5.73. The van der Waals surface area contributed by atoms with Gasteiger partial charge in [-0.3, -0.25) is 9.89 Å². The molecule has 6 nitrogen and oxygen atoms in total. The highest BCUT2D eigenvalue weighted by atomic mass is 127. The fourth-order valence-electron chi connectivity index (χ4n) is 4.19. The molecule has 2 heterocycles. The summed E-state index contributed by atoms with van der Waals surface area (Å²) < 4.78 is 26.1. The first-order chi connectivity index (χ1) is 14.6. The Morgan fingerprint density at radius 2 is 2.19 bits per heavy atom. The first-order valence-corrected chi connectivity index (χ1v) is 11.4. The second-order valence-corrected chi connectivity index (χ2v) is 8.78. The SMILES string of the molecule is CCNC(=NCC1CN2CCCC2CO1)NC(C)c1ccc(OCC2CC2)c(F)c1.I. The van der Waals surface area contributed by atoms with Crippen molar-refractivity contribution < 1.29 is 13.9 Å². The average Bonchev–Trinajstić information content (AvgIpc) is 3.46. The highest BCUT2D eigenvalue weighted by Gasteiger charge is 2.32. The van der Waals surface area contributed by atoms with Gasteiger partial charge < -0.3 is 20.1 Å². The van der Waals surface area contributed by atoms with Crippen molar-refractivity contribution in [1.82, 2.24) is 15.5 Å². The predicted octanol–water partition coefficient (Wildman–Crippen LogP) is 3.71. The second-order valence-electron chi connectivity index (χ2n) is 8.78. The van der Waals surface area contributed by atoms with Crippen LogP contribution in [0.2, 0.25) is 0 Å². The maximum absolute atomic E-state index is 14.4. The fourth-order valence-corrected chi connectivity index (χ4v) is 4.19. The van der Waals surface area contributed by atoms with Gasteiger partial charge in [0.1, 0.15) is 0 Å². The van der Waals surface area contributed by atoms with Gasteiger partial charge in [0.25, 0.3) is 0 Å². The third-order valence-electron chi connectivity index (χ3n) is 6.24. The number of nitrogens with one attached hydrogen (secondary N) is 2. The standard InChI is InChI=1S/C23H35FN4O2.HI/c1-3-25-23(26-12-20-13-28-10-4-5-19(28)15-29-20)27-16(2)18-8-9-22(21(24)11-18)30-14-17-6-7-17;/h8-9,11,16-17,19-20H,3-7,10,12-15H2,1-2H3,(H2,25,26,27);1H. The van der Waals surface area contributed by atoms with Gasteiger partial charge in [0.15, 0.2) is 17.5 Å². The molecule has 0 spiro atoms. The Morgan fingerprint density at radius 3 is 2.94 bits per heavy atom. The van der Waals surface area contributed by atoms with Crippen molar-refractivity contribution in [1.29, 1.82) is 0 Å². The van der Waals surface area contributed by atoms with E-state index in [1.165, 1.54) is 32.2 Å². The number of halogens is 2. The molecule has 0 radical (unpaired) electrons. The molecule has 1 aliphatic carbocycles. The van der Waals surface area contributed by atoms with E-state index in [9.17, 15) is 4.39 Å². The molecule has 3 unspecified atom stereocenters. The van der Waals surface area contributed by atoms with Crippen LogP contribution in [0.25, 0.3) is 0 Å². The molecule has 0 bridgehead atoms. The van der Waals surface area contributed by atoms with E-state index >= 15 is 0 Å². The number of ether oxygens (including phenoxy) is 2. The average molecular weight is 546 g/mol. The number of aliphatic imine (C=N–C) groups is 1. The van der Waals surface area contributed by atoms with E-state index in [0.29, 0.717) is 30.9 Å². The molecule has 3 atom stereocenters. The molecule has 8 heteroatoms. The lowest BCUT2D eigenvalue weighted by molar-refractivity contribution is -0.0432. The normalized spacial score (nSPS) is 24.8. The summed E-state index contributed by atoms with van der Waals surface area (Å²) in [7, 11) is 0. The Hall–Kier alpha value is -1.13. The minimum absolute atomic E-state index is 0. The Bertz CT molecular complexity index is 746. The fraction of sp³-hybridized carbons (Fsp3) is 0.696. The van der Waals surface area contributed by atoms with Crippen LogP contribution >= 0.6 is 24.0 Å². The van der Waals surface area contributed by atoms with Crippen molar-refractivity contribution >= 4 is 29.9 Å². The summed E-state index contributed by atoms with van der Waals surface area (Å²) in [4.78, 5) is 7.27. The van der Waals surface area contributed by atoms with Gasteiger partial charge in [0, 0.05) is 19.1 Å². The Morgan fingerprint density at radius 1 is 1.35 bits per heavy atom. The molecule has 2 N–H and O–H groups in total. The van der Waals surface area contributed by atoms with Gasteiger partial charge in [0.05, 0.1) is 31.9 Å². The minimum Gasteiger partial charge on any atom is -0.490 e. The smallest absolute Gasteiger partial charge is 0.191 e. The highest BCUT2D eigenvalue weighted by molar-refractivity contribution is 14.0. The minimum atomic E-state index is -0.306. The van der Waals surface area contributed by atoms with Crippen LogP contribution in [0.1, 0.15) is 51.1 Å². The van der Waals surface area contributed by atoms with E-state index in [1.54, 1.807) is 12.1 Å². The van der Waals surface area contributed by atoms with E-state index in [-0.39, 0.29) is 41.9 Å². The van der Waals surface area contributed by atoms with E-state index < -0.39 is 0 Å². The molecule has 0 aromatic heterocycles. The summed E-state index contributed by atoms with van der Waals surface area (Å²) in [5.74, 6) is 1.37. The molecule has 1 aromatic carbocycles. The lowest BCUT2D eigenvalue weighted by atomic mass is 10.1. The van der Waals surface area contributed by atoms with E-state index in [2.05, 4.69) is 15.5 Å². The third kappa shape index (κ3) is 6.92. The van der Waals surface area contributed by atoms with Crippen molar-refractivity contribution in [3.8, 4) is 5.75 Å². The molecule has 2 saturated heterocycles. The number of rotatable bonds is 8.